The van der Waals surface area contributed by atoms with Crippen molar-refractivity contribution in [3.05, 3.63) is 34.9 Å². The van der Waals surface area contributed by atoms with Crippen molar-refractivity contribution in [2.75, 3.05) is 6.54 Å². The molecule has 3 atom stereocenters. The largest absolute Gasteiger partial charge is 0.356 e. The minimum Gasteiger partial charge on any atom is -0.356 e. The predicted octanol–water partition coefficient (Wildman–Crippen LogP) is 6.52. The van der Waals surface area contributed by atoms with Crippen LogP contribution in [0.15, 0.2) is 18.2 Å². The molecule has 1 aromatic carbocycles. The number of rotatable bonds is 5. The molecule has 160 valence electrons. The van der Waals surface area contributed by atoms with Crippen molar-refractivity contribution in [1.82, 2.24) is 5.32 Å². The summed E-state index contributed by atoms with van der Waals surface area (Å²) in [7, 11) is 0. The maximum Gasteiger partial charge on any atom is 0.220 e. The highest BCUT2D eigenvalue weighted by molar-refractivity contribution is 5.76. The maximum absolute atomic E-state index is 12.6. The first-order valence-electron chi connectivity index (χ1n) is 12.2. The second kappa shape index (κ2) is 8.08. The summed E-state index contributed by atoms with van der Waals surface area (Å²) in [4.78, 5) is 12.6. The van der Waals surface area contributed by atoms with E-state index in [1.54, 1.807) is 11.1 Å². The van der Waals surface area contributed by atoms with Gasteiger partial charge in [0.1, 0.15) is 0 Å². The Morgan fingerprint density at radius 3 is 2.59 bits per heavy atom. The van der Waals surface area contributed by atoms with E-state index in [0.717, 1.165) is 13.0 Å². The minimum atomic E-state index is 0.215. The predicted molar refractivity (Wildman–Crippen MR) is 121 cm³/mol. The molecule has 2 saturated carbocycles. The third-order valence-electron chi connectivity index (χ3n) is 8.81. The molecule has 0 radical (unpaired) electrons. The SMILES string of the molecule is CC(C)c1ccc2c(c1)CC[C@H]1[C@](C)(CNC(=O)CC3CCCC3)CCC[C@]21C. The van der Waals surface area contributed by atoms with Crippen molar-refractivity contribution in [1.29, 1.82) is 0 Å². The van der Waals surface area contributed by atoms with Gasteiger partial charge in [-0.3, -0.25) is 4.79 Å². The first-order chi connectivity index (χ1) is 13.8. The molecule has 1 amide bonds. The van der Waals surface area contributed by atoms with Gasteiger partial charge in [-0.2, -0.15) is 0 Å². The van der Waals surface area contributed by atoms with E-state index in [1.807, 2.05) is 0 Å². The number of carbonyl (C=O) groups excluding carboxylic acids is 1. The van der Waals surface area contributed by atoms with Crippen LogP contribution in [-0.4, -0.2) is 12.5 Å². The topological polar surface area (TPSA) is 29.1 Å². The van der Waals surface area contributed by atoms with Crippen molar-refractivity contribution in [2.24, 2.45) is 17.3 Å². The third-order valence-corrected chi connectivity index (χ3v) is 8.81. The van der Waals surface area contributed by atoms with Crippen molar-refractivity contribution in [2.45, 2.75) is 103 Å². The molecule has 0 heterocycles. The maximum atomic E-state index is 12.6. The molecule has 4 rings (SSSR count). The molecule has 0 aromatic heterocycles. The van der Waals surface area contributed by atoms with Crippen molar-refractivity contribution in [3.8, 4) is 0 Å². The van der Waals surface area contributed by atoms with E-state index in [9.17, 15) is 4.79 Å². The van der Waals surface area contributed by atoms with E-state index < -0.39 is 0 Å². The van der Waals surface area contributed by atoms with Crippen LogP contribution in [0.2, 0.25) is 0 Å². The first kappa shape index (κ1) is 20.9. The Morgan fingerprint density at radius 1 is 1.10 bits per heavy atom. The van der Waals surface area contributed by atoms with Crippen LogP contribution in [0.4, 0.5) is 0 Å². The smallest absolute Gasteiger partial charge is 0.220 e. The van der Waals surface area contributed by atoms with Crippen molar-refractivity contribution < 1.29 is 4.79 Å². The summed E-state index contributed by atoms with van der Waals surface area (Å²) in [6.45, 7) is 10.4. The standard InChI is InChI=1S/C27H41NO/c1-19(2)21-10-12-23-22(17-21)11-13-24-26(3,14-7-15-27(23,24)4)18-28-25(29)16-20-8-5-6-9-20/h10,12,17,19-20,24H,5-9,11,13-16,18H2,1-4H3,(H,28,29)/t24-,26-,27+/m0/s1. The van der Waals surface area contributed by atoms with Gasteiger partial charge in [0.05, 0.1) is 0 Å². The van der Waals surface area contributed by atoms with Gasteiger partial charge in [0.2, 0.25) is 5.91 Å². The van der Waals surface area contributed by atoms with Crippen LogP contribution in [0, 0.1) is 17.3 Å². The first-order valence-corrected chi connectivity index (χ1v) is 12.2. The molecule has 0 bridgehead atoms. The zero-order chi connectivity index (χ0) is 20.6. The zero-order valence-corrected chi connectivity index (χ0v) is 19.2. The zero-order valence-electron chi connectivity index (χ0n) is 19.2. The molecule has 3 aliphatic carbocycles. The normalized spacial score (nSPS) is 32.1. The molecular formula is C27H41NO. The van der Waals surface area contributed by atoms with Gasteiger partial charge in [-0.05, 0) is 83.8 Å². The summed E-state index contributed by atoms with van der Waals surface area (Å²) in [5.74, 6) is 2.18. The molecule has 0 unspecified atom stereocenters. The summed E-state index contributed by atoms with van der Waals surface area (Å²) in [5.41, 5.74) is 5.13. The average Bonchev–Trinajstić information content (AvgIpc) is 3.19. The fourth-order valence-electron chi connectivity index (χ4n) is 7.06. The Labute approximate surface area is 178 Å². The lowest BCUT2D eigenvalue weighted by molar-refractivity contribution is -0.123. The number of aryl methyl sites for hydroxylation is 1. The summed E-state index contributed by atoms with van der Waals surface area (Å²) in [6.07, 6.45) is 12.1. The van der Waals surface area contributed by atoms with E-state index in [-0.39, 0.29) is 10.8 Å². The number of hydrogen-bond acceptors (Lipinski definition) is 1. The summed E-state index contributed by atoms with van der Waals surface area (Å²) in [5, 5.41) is 3.38. The van der Waals surface area contributed by atoms with Crippen LogP contribution in [0.25, 0.3) is 0 Å². The lowest BCUT2D eigenvalue weighted by Gasteiger charge is -2.55. The van der Waals surface area contributed by atoms with Crippen LogP contribution in [0.3, 0.4) is 0 Å². The van der Waals surface area contributed by atoms with Gasteiger partial charge in [0, 0.05) is 13.0 Å². The molecule has 0 saturated heterocycles. The number of benzene rings is 1. The second-order valence-corrected chi connectivity index (χ2v) is 11.2. The lowest BCUT2D eigenvalue weighted by Crippen LogP contribution is -2.53. The highest BCUT2D eigenvalue weighted by Gasteiger charge is 2.51. The fraction of sp³-hybridized carbons (Fsp3) is 0.741. The molecular weight excluding hydrogens is 354 g/mol. The Hall–Kier alpha value is -1.31. The number of amides is 1. The van der Waals surface area contributed by atoms with Gasteiger partial charge in [-0.1, -0.05) is 65.2 Å². The van der Waals surface area contributed by atoms with Gasteiger partial charge in [-0.25, -0.2) is 0 Å². The fourth-order valence-corrected chi connectivity index (χ4v) is 7.06. The average molecular weight is 396 g/mol. The molecule has 29 heavy (non-hydrogen) atoms. The molecule has 0 spiro atoms. The number of fused-ring (bicyclic) bond motifs is 3. The Morgan fingerprint density at radius 2 is 1.86 bits per heavy atom. The summed E-state index contributed by atoms with van der Waals surface area (Å²) >= 11 is 0. The molecule has 1 N–H and O–H groups in total. The van der Waals surface area contributed by atoms with Gasteiger partial charge < -0.3 is 5.32 Å². The van der Waals surface area contributed by atoms with E-state index >= 15 is 0 Å². The Kier molecular flexibility index (Phi) is 5.84. The molecule has 0 aliphatic heterocycles. The number of nitrogens with one attached hydrogen (secondary N) is 1. The number of carbonyl (C=O) groups is 1. The van der Waals surface area contributed by atoms with Crippen LogP contribution >= 0.6 is 0 Å². The minimum absolute atomic E-state index is 0.215. The Balaban J connectivity index is 1.49. The van der Waals surface area contributed by atoms with Gasteiger partial charge >= 0.3 is 0 Å². The molecule has 2 heteroatoms. The molecule has 1 aromatic rings. The monoisotopic (exact) mass is 395 g/mol. The number of hydrogen-bond donors (Lipinski definition) is 1. The van der Waals surface area contributed by atoms with E-state index in [2.05, 4.69) is 51.2 Å². The van der Waals surface area contributed by atoms with Crippen LogP contribution in [0.5, 0.6) is 0 Å². The Bertz CT molecular complexity index is 747. The van der Waals surface area contributed by atoms with Gasteiger partial charge in [-0.15, -0.1) is 0 Å². The molecule has 3 aliphatic rings. The quantitative estimate of drug-likeness (QED) is 0.604. The third kappa shape index (κ3) is 4.01. The van der Waals surface area contributed by atoms with Gasteiger partial charge in [0.25, 0.3) is 0 Å². The van der Waals surface area contributed by atoms with Crippen LogP contribution in [0.1, 0.15) is 108 Å². The van der Waals surface area contributed by atoms with E-state index in [0.29, 0.717) is 23.7 Å². The van der Waals surface area contributed by atoms with Crippen molar-refractivity contribution >= 4 is 5.91 Å². The second-order valence-electron chi connectivity index (χ2n) is 11.2. The van der Waals surface area contributed by atoms with Gasteiger partial charge in [0.15, 0.2) is 0 Å². The van der Waals surface area contributed by atoms with Crippen molar-refractivity contribution in [3.63, 3.8) is 0 Å². The van der Waals surface area contributed by atoms with Crippen LogP contribution in [-0.2, 0) is 16.6 Å². The molecule has 2 nitrogen and oxygen atoms in total. The summed E-state index contributed by atoms with van der Waals surface area (Å²) in [6, 6.07) is 7.30. The highest BCUT2D eigenvalue weighted by atomic mass is 16.1. The van der Waals surface area contributed by atoms with Crippen LogP contribution < -0.4 is 5.32 Å². The highest BCUT2D eigenvalue weighted by Crippen LogP contribution is 2.57. The molecule has 2 fully saturated rings. The van der Waals surface area contributed by atoms with E-state index in [1.165, 1.54) is 63.4 Å². The van der Waals surface area contributed by atoms with E-state index in [4.69, 9.17) is 0 Å². The summed E-state index contributed by atoms with van der Waals surface area (Å²) < 4.78 is 0. The lowest BCUT2D eigenvalue weighted by atomic mass is 9.49.